The number of aryl methyl sites for hydroxylation is 1. The summed E-state index contributed by atoms with van der Waals surface area (Å²) in [6.07, 6.45) is 2.12. The number of hydrogen-bond acceptors (Lipinski definition) is 5. The SMILES string of the molecule is CCCCNC(=O)[C@@H](CC)N(Cc1cccc(C)c1)C(=O)CN(c1ccccc1OCC)S(=O)(=O)c1ccccc1. The molecule has 0 aliphatic rings. The molecule has 0 saturated heterocycles. The van der Waals surface area contributed by atoms with Gasteiger partial charge in [-0.15, -0.1) is 0 Å². The van der Waals surface area contributed by atoms with Crippen molar-refractivity contribution in [1.82, 2.24) is 10.2 Å². The number of para-hydroxylation sites is 2. The fourth-order valence-corrected chi connectivity index (χ4v) is 6.05. The van der Waals surface area contributed by atoms with E-state index in [1.165, 1.54) is 17.0 Å². The molecule has 3 rings (SSSR count). The van der Waals surface area contributed by atoms with Gasteiger partial charge in [0.2, 0.25) is 11.8 Å². The van der Waals surface area contributed by atoms with Crippen molar-refractivity contribution in [1.29, 1.82) is 0 Å². The summed E-state index contributed by atoms with van der Waals surface area (Å²) < 4.78 is 34.9. The van der Waals surface area contributed by atoms with Crippen LogP contribution < -0.4 is 14.4 Å². The number of carbonyl (C=O) groups excluding carboxylic acids is 2. The topological polar surface area (TPSA) is 96.0 Å². The monoisotopic (exact) mass is 579 g/mol. The fraction of sp³-hybridized carbons (Fsp3) is 0.375. The molecular weight excluding hydrogens is 538 g/mol. The predicted molar refractivity (Wildman–Crippen MR) is 162 cm³/mol. The number of anilines is 1. The van der Waals surface area contributed by atoms with Crippen molar-refractivity contribution < 1.29 is 22.7 Å². The number of hydrogen-bond donors (Lipinski definition) is 1. The predicted octanol–water partition coefficient (Wildman–Crippen LogP) is 5.31. The van der Waals surface area contributed by atoms with Crippen molar-refractivity contribution in [2.45, 2.75) is 64.4 Å². The van der Waals surface area contributed by atoms with Crippen LogP contribution in [0.15, 0.2) is 83.8 Å². The van der Waals surface area contributed by atoms with Gasteiger partial charge in [-0.1, -0.05) is 80.4 Å². The van der Waals surface area contributed by atoms with Crippen molar-refractivity contribution >= 4 is 27.5 Å². The van der Waals surface area contributed by atoms with Crippen LogP contribution in [-0.2, 0) is 26.2 Å². The summed E-state index contributed by atoms with van der Waals surface area (Å²) in [5, 5.41) is 2.95. The normalized spacial score (nSPS) is 11.9. The Morgan fingerprint density at radius 1 is 0.927 bits per heavy atom. The van der Waals surface area contributed by atoms with Gasteiger partial charge in [0.25, 0.3) is 10.0 Å². The number of ether oxygens (including phenoxy) is 1. The molecule has 41 heavy (non-hydrogen) atoms. The van der Waals surface area contributed by atoms with Crippen molar-refractivity contribution in [3.63, 3.8) is 0 Å². The molecule has 0 radical (unpaired) electrons. The highest BCUT2D eigenvalue weighted by Crippen LogP contribution is 2.33. The lowest BCUT2D eigenvalue weighted by molar-refractivity contribution is -0.140. The van der Waals surface area contributed by atoms with Gasteiger partial charge in [0.1, 0.15) is 18.3 Å². The minimum Gasteiger partial charge on any atom is -0.492 e. The number of nitrogens with zero attached hydrogens (tertiary/aromatic N) is 2. The molecule has 0 aromatic heterocycles. The Morgan fingerprint density at radius 3 is 2.29 bits per heavy atom. The van der Waals surface area contributed by atoms with Crippen LogP contribution in [0, 0.1) is 6.92 Å². The molecule has 8 nitrogen and oxygen atoms in total. The van der Waals surface area contributed by atoms with Gasteiger partial charge in [-0.25, -0.2) is 8.42 Å². The summed E-state index contributed by atoms with van der Waals surface area (Å²) in [5.41, 5.74) is 2.13. The van der Waals surface area contributed by atoms with Crippen LogP contribution in [-0.4, -0.2) is 50.9 Å². The number of unbranched alkanes of at least 4 members (excludes halogenated alkanes) is 1. The number of carbonyl (C=O) groups is 2. The van der Waals surface area contributed by atoms with E-state index in [-0.39, 0.29) is 23.0 Å². The van der Waals surface area contributed by atoms with Crippen LogP contribution in [0.4, 0.5) is 5.69 Å². The molecule has 0 fully saturated rings. The van der Waals surface area contributed by atoms with Gasteiger partial charge in [-0.05, 0) is 56.5 Å². The molecule has 0 bridgehead atoms. The van der Waals surface area contributed by atoms with Crippen LogP contribution in [0.25, 0.3) is 0 Å². The van der Waals surface area contributed by atoms with Gasteiger partial charge in [0, 0.05) is 13.1 Å². The van der Waals surface area contributed by atoms with E-state index >= 15 is 0 Å². The average molecular weight is 580 g/mol. The Morgan fingerprint density at radius 2 is 1.63 bits per heavy atom. The first-order valence-electron chi connectivity index (χ1n) is 14.1. The summed E-state index contributed by atoms with van der Waals surface area (Å²) in [4.78, 5) is 29.0. The molecule has 1 N–H and O–H groups in total. The van der Waals surface area contributed by atoms with E-state index in [2.05, 4.69) is 5.32 Å². The zero-order valence-corrected chi connectivity index (χ0v) is 25.2. The number of rotatable bonds is 15. The van der Waals surface area contributed by atoms with E-state index in [0.717, 1.165) is 28.3 Å². The highest BCUT2D eigenvalue weighted by atomic mass is 32.2. The lowest BCUT2D eigenvalue weighted by Gasteiger charge is -2.33. The maximum atomic E-state index is 14.2. The van der Waals surface area contributed by atoms with Crippen LogP contribution in [0.2, 0.25) is 0 Å². The second-order valence-electron chi connectivity index (χ2n) is 9.80. The van der Waals surface area contributed by atoms with E-state index in [0.29, 0.717) is 25.3 Å². The smallest absolute Gasteiger partial charge is 0.264 e. The average Bonchev–Trinajstić information content (AvgIpc) is 2.97. The van der Waals surface area contributed by atoms with Crippen LogP contribution in [0.1, 0.15) is 51.2 Å². The first kappa shape index (κ1) is 31.7. The molecule has 1 atom stereocenters. The van der Waals surface area contributed by atoms with E-state index in [1.54, 1.807) is 42.5 Å². The number of amides is 2. The molecule has 220 valence electrons. The zero-order chi connectivity index (χ0) is 29.8. The third-order valence-corrected chi connectivity index (χ3v) is 8.47. The Hall–Kier alpha value is -3.85. The quantitative estimate of drug-likeness (QED) is 0.246. The van der Waals surface area contributed by atoms with E-state index in [1.807, 2.05) is 52.0 Å². The second-order valence-corrected chi connectivity index (χ2v) is 11.7. The molecule has 0 spiro atoms. The Labute approximate surface area is 244 Å². The van der Waals surface area contributed by atoms with Crippen molar-refractivity contribution in [2.24, 2.45) is 0 Å². The van der Waals surface area contributed by atoms with Gasteiger partial charge in [-0.2, -0.15) is 0 Å². The summed E-state index contributed by atoms with van der Waals surface area (Å²) in [7, 11) is -4.17. The van der Waals surface area contributed by atoms with Gasteiger partial charge in [0.05, 0.1) is 17.2 Å². The number of benzene rings is 3. The first-order valence-corrected chi connectivity index (χ1v) is 15.6. The minimum atomic E-state index is -4.17. The zero-order valence-electron chi connectivity index (χ0n) is 24.4. The number of sulfonamides is 1. The Bertz CT molecular complexity index is 1400. The molecule has 0 saturated carbocycles. The van der Waals surface area contributed by atoms with E-state index < -0.39 is 28.5 Å². The summed E-state index contributed by atoms with van der Waals surface area (Å²) in [5.74, 6) is -0.402. The van der Waals surface area contributed by atoms with Crippen molar-refractivity contribution in [2.75, 3.05) is 24.0 Å². The highest BCUT2D eigenvalue weighted by molar-refractivity contribution is 7.92. The largest absolute Gasteiger partial charge is 0.492 e. The molecule has 0 aliphatic heterocycles. The third-order valence-electron chi connectivity index (χ3n) is 6.69. The summed E-state index contributed by atoms with van der Waals surface area (Å²) in [6, 6.07) is 21.7. The van der Waals surface area contributed by atoms with Crippen LogP contribution >= 0.6 is 0 Å². The van der Waals surface area contributed by atoms with Gasteiger partial charge in [-0.3, -0.25) is 13.9 Å². The maximum absolute atomic E-state index is 14.2. The molecule has 3 aromatic rings. The molecule has 9 heteroatoms. The Kier molecular flexibility index (Phi) is 11.8. The van der Waals surface area contributed by atoms with Gasteiger partial charge in [0.15, 0.2) is 0 Å². The van der Waals surface area contributed by atoms with Crippen LogP contribution in [0.5, 0.6) is 5.75 Å². The lowest BCUT2D eigenvalue weighted by atomic mass is 10.1. The first-order chi connectivity index (χ1) is 19.7. The molecule has 0 heterocycles. The van der Waals surface area contributed by atoms with Gasteiger partial charge < -0.3 is 15.0 Å². The van der Waals surface area contributed by atoms with Crippen LogP contribution in [0.3, 0.4) is 0 Å². The molecular formula is C32H41N3O5S. The van der Waals surface area contributed by atoms with Gasteiger partial charge >= 0.3 is 0 Å². The Balaban J connectivity index is 2.07. The molecule has 0 unspecified atom stereocenters. The fourth-order valence-electron chi connectivity index (χ4n) is 4.61. The van der Waals surface area contributed by atoms with E-state index in [4.69, 9.17) is 4.74 Å². The highest BCUT2D eigenvalue weighted by Gasteiger charge is 2.34. The third kappa shape index (κ3) is 8.33. The molecule has 2 amide bonds. The minimum absolute atomic E-state index is 0.0497. The second kappa shape index (κ2) is 15.2. The maximum Gasteiger partial charge on any atom is 0.264 e. The van der Waals surface area contributed by atoms with Crippen molar-refractivity contribution in [3.8, 4) is 5.75 Å². The standard InChI is InChI=1S/C32H41N3O5S/c1-5-8-21-33-32(37)28(6-2)34(23-26-16-14-15-25(4)22-26)31(36)24-35(29-19-12-13-20-30(29)40-7-3)41(38,39)27-17-10-9-11-18-27/h9-20,22,28H,5-8,21,23-24H2,1-4H3,(H,33,37)/t28-/m1/s1. The molecule has 0 aliphatic carbocycles. The molecule has 3 aromatic carbocycles. The van der Waals surface area contributed by atoms with Crippen molar-refractivity contribution in [3.05, 3.63) is 90.0 Å². The number of nitrogens with one attached hydrogen (secondary N) is 1. The summed E-state index contributed by atoms with van der Waals surface area (Å²) >= 11 is 0. The summed E-state index contributed by atoms with van der Waals surface area (Å²) in [6.45, 7) is 8.14. The van der Waals surface area contributed by atoms with E-state index in [9.17, 15) is 18.0 Å². The lowest BCUT2D eigenvalue weighted by Crippen LogP contribution is -2.52.